The number of hydrogen-bond donors (Lipinski definition) is 5. The van der Waals surface area contributed by atoms with Crippen molar-refractivity contribution in [1.29, 1.82) is 0 Å². The zero-order chi connectivity index (χ0) is 29.9. The molecule has 42 heavy (non-hydrogen) atoms. The Morgan fingerprint density at radius 2 is 1.76 bits per heavy atom. The van der Waals surface area contributed by atoms with E-state index in [0.29, 0.717) is 12.2 Å². The van der Waals surface area contributed by atoms with Crippen molar-refractivity contribution in [2.45, 2.75) is 51.5 Å². The summed E-state index contributed by atoms with van der Waals surface area (Å²) in [4.78, 5) is 17.5. The van der Waals surface area contributed by atoms with Crippen LogP contribution in [0.15, 0.2) is 73.6 Å². The number of nitrogen functional groups attached to an aromatic ring is 1. The Labute approximate surface area is 252 Å². The number of anilines is 3. The predicted octanol–water partition coefficient (Wildman–Crippen LogP) is 4.83. The Balaban J connectivity index is 1.06. The lowest BCUT2D eigenvalue weighted by Gasteiger charge is -2.36. The third-order valence-electron chi connectivity index (χ3n) is 8.17. The Morgan fingerprint density at radius 1 is 1.02 bits per heavy atom. The zero-order valence-electron chi connectivity index (χ0n) is 25.3. The Morgan fingerprint density at radius 3 is 2.50 bits per heavy atom. The van der Waals surface area contributed by atoms with Crippen LogP contribution in [-0.2, 0) is 4.79 Å². The van der Waals surface area contributed by atoms with E-state index in [2.05, 4.69) is 82.0 Å². The number of piperazine rings is 1. The lowest BCUT2D eigenvalue weighted by Crippen LogP contribution is -2.46. The molecule has 2 saturated heterocycles. The van der Waals surface area contributed by atoms with Gasteiger partial charge in [-0.1, -0.05) is 50.3 Å². The number of nitrogens with zero attached hydrogens (tertiary/aromatic N) is 2. The van der Waals surface area contributed by atoms with Gasteiger partial charge in [-0.2, -0.15) is 0 Å². The molecule has 2 aliphatic rings. The molecule has 0 radical (unpaired) electrons. The number of rotatable bonds is 14. The minimum atomic E-state index is -0.0124. The summed E-state index contributed by atoms with van der Waals surface area (Å²) in [5.41, 5.74) is 13.7. The Hall–Kier alpha value is -3.91. The molecule has 0 aliphatic carbocycles. The van der Waals surface area contributed by atoms with Gasteiger partial charge in [0.2, 0.25) is 5.91 Å². The average Bonchev–Trinajstić information content (AvgIpc) is 2.98. The fourth-order valence-corrected chi connectivity index (χ4v) is 5.52. The highest BCUT2D eigenvalue weighted by Gasteiger charge is 2.20. The second-order valence-electron chi connectivity index (χ2n) is 11.6. The number of nitrogens with one attached hydrogen (secondary N) is 4. The van der Waals surface area contributed by atoms with E-state index in [0.717, 1.165) is 86.7 Å². The maximum absolute atomic E-state index is 12.4. The molecule has 0 bridgehead atoms. The molecule has 0 aromatic heterocycles. The summed E-state index contributed by atoms with van der Waals surface area (Å²) in [5, 5.41) is 12.9. The van der Waals surface area contributed by atoms with Crippen molar-refractivity contribution < 1.29 is 4.79 Å². The standard InChI is InChI=1S/C34H49N7O/c1-25-9-13-30(14-10-25)41-21-19-40(20-22-41)18-8-6-5-7-17-36-34(42)24-37-29-12-15-32(35)31(23-29)27(3)39-33-16-11-26(2)38-28(33)4/h9-10,12-15,23,33,37-39H,2-8,11,16-22,24,35H2,1H3,(H,36,42). The Kier molecular flexibility index (Phi) is 11.3. The lowest BCUT2D eigenvalue weighted by molar-refractivity contribution is -0.119. The third-order valence-corrected chi connectivity index (χ3v) is 8.17. The van der Waals surface area contributed by atoms with E-state index in [1.165, 1.54) is 24.1 Å². The smallest absolute Gasteiger partial charge is 0.239 e. The van der Waals surface area contributed by atoms with Gasteiger partial charge in [-0.15, -0.1) is 0 Å². The van der Waals surface area contributed by atoms with Crippen molar-refractivity contribution in [2.24, 2.45) is 0 Å². The van der Waals surface area contributed by atoms with Crippen LogP contribution in [0, 0.1) is 6.92 Å². The summed E-state index contributed by atoms with van der Waals surface area (Å²) >= 11 is 0. The van der Waals surface area contributed by atoms with E-state index < -0.39 is 0 Å². The molecular weight excluding hydrogens is 522 g/mol. The first kappa shape index (κ1) is 31.0. The molecule has 1 unspecified atom stereocenters. The molecule has 0 spiro atoms. The fraction of sp³-hybridized carbons (Fsp3) is 0.441. The van der Waals surface area contributed by atoms with Crippen LogP contribution in [0.4, 0.5) is 17.1 Å². The minimum absolute atomic E-state index is 0.0124. The summed E-state index contributed by atoms with van der Waals surface area (Å²) in [5.74, 6) is -0.0124. The largest absolute Gasteiger partial charge is 0.398 e. The molecule has 8 heteroatoms. The number of aryl methyl sites for hydroxylation is 1. The van der Waals surface area contributed by atoms with Gasteiger partial charge in [0.15, 0.2) is 0 Å². The molecule has 2 aromatic carbocycles. The second kappa shape index (κ2) is 15.4. The van der Waals surface area contributed by atoms with Gasteiger partial charge in [-0.3, -0.25) is 9.69 Å². The summed E-state index contributed by atoms with van der Waals surface area (Å²) in [6.07, 6.45) is 6.30. The first-order chi connectivity index (χ1) is 20.3. The molecule has 8 nitrogen and oxygen atoms in total. The van der Waals surface area contributed by atoms with Crippen molar-refractivity contribution in [2.75, 3.05) is 61.8 Å². The third kappa shape index (κ3) is 9.31. The normalized spacial score (nSPS) is 17.5. The number of piperidine rings is 1. The summed E-state index contributed by atoms with van der Waals surface area (Å²) < 4.78 is 0. The van der Waals surface area contributed by atoms with Gasteiger partial charge >= 0.3 is 0 Å². The molecule has 2 heterocycles. The number of amides is 1. The SMILES string of the molecule is C=C1CCC(NC(=C)c2cc(NCC(=O)NCCCCCCN3CCN(c4ccc(C)cc4)CC3)ccc2N)C(=C)N1. The van der Waals surface area contributed by atoms with E-state index >= 15 is 0 Å². The number of hydrogen-bond acceptors (Lipinski definition) is 7. The highest BCUT2D eigenvalue weighted by molar-refractivity contribution is 5.82. The van der Waals surface area contributed by atoms with Gasteiger partial charge in [0.05, 0.1) is 12.6 Å². The number of unbranched alkanes of at least 4 members (excludes halogenated alkanes) is 3. The number of carbonyl (C=O) groups is 1. The fourth-order valence-electron chi connectivity index (χ4n) is 5.52. The monoisotopic (exact) mass is 571 g/mol. The average molecular weight is 572 g/mol. The maximum atomic E-state index is 12.4. The van der Waals surface area contributed by atoms with Crippen molar-refractivity contribution in [3.8, 4) is 0 Å². The number of nitrogens with two attached hydrogens (primary N) is 1. The quantitative estimate of drug-likeness (QED) is 0.164. The van der Waals surface area contributed by atoms with E-state index in [1.807, 2.05) is 18.2 Å². The van der Waals surface area contributed by atoms with Crippen LogP contribution in [0.5, 0.6) is 0 Å². The van der Waals surface area contributed by atoms with Gasteiger partial charge in [-0.25, -0.2) is 0 Å². The minimum Gasteiger partial charge on any atom is -0.398 e. The predicted molar refractivity (Wildman–Crippen MR) is 177 cm³/mol. The molecule has 0 saturated carbocycles. The number of allylic oxidation sites excluding steroid dienone is 1. The number of carbonyl (C=O) groups excluding carboxylic acids is 1. The summed E-state index contributed by atoms with van der Waals surface area (Å²) in [6.45, 7) is 20.9. The lowest BCUT2D eigenvalue weighted by atomic mass is 10.0. The van der Waals surface area contributed by atoms with Crippen LogP contribution in [0.25, 0.3) is 5.70 Å². The van der Waals surface area contributed by atoms with E-state index in [1.54, 1.807) is 0 Å². The van der Waals surface area contributed by atoms with Gasteiger partial charge in [0, 0.05) is 72.4 Å². The summed E-state index contributed by atoms with van der Waals surface area (Å²) in [7, 11) is 0. The number of benzene rings is 2. The topological polar surface area (TPSA) is 97.7 Å². The zero-order valence-corrected chi connectivity index (χ0v) is 25.3. The highest BCUT2D eigenvalue weighted by Crippen LogP contribution is 2.25. The van der Waals surface area contributed by atoms with Crippen molar-refractivity contribution >= 4 is 28.7 Å². The molecule has 4 rings (SSSR count). The molecular formula is C34H49N7O. The molecule has 2 aliphatic heterocycles. The highest BCUT2D eigenvalue weighted by atomic mass is 16.1. The van der Waals surface area contributed by atoms with Gasteiger partial charge in [0.1, 0.15) is 0 Å². The van der Waals surface area contributed by atoms with Crippen molar-refractivity contribution in [3.05, 3.63) is 84.7 Å². The van der Waals surface area contributed by atoms with Crippen LogP contribution in [0.1, 0.15) is 49.7 Å². The van der Waals surface area contributed by atoms with E-state index in [-0.39, 0.29) is 18.5 Å². The van der Waals surface area contributed by atoms with Crippen molar-refractivity contribution in [3.63, 3.8) is 0 Å². The van der Waals surface area contributed by atoms with Crippen LogP contribution < -0.4 is 31.9 Å². The molecule has 226 valence electrons. The molecule has 2 fully saturated rings. The van der Waals surface area contributed by atoms with Gasteiger partial charge in [-0.05, 0) is 69.5 Å². The Bertz CT molecular complexity index is 1230. The summed E-state index contributed by atoms with van der Waals surface area (Å²) in [6, 6.07) is 14.6. The molecule has 1 amide bonds. The second-order valence-corrected chi connectivity index (χ2v) is 11.6. The van der Waals surface area contributed by atoms with Crippen molar-refractivity contribution in [1.82, 2.24) is 20.9 Å². The van der Waals surface area contributed by atoms with Crippen LogP contribution in [0.3, 0.4) is 0 Å². The first-order valence-electron chi connectivity index (χ1n) is 15.3. The first-order valence-corrected chi connectivity index (χ1v) is 15.3. The maximum Gasteiger partial charge on any atom is 0.239 e. The van der Waals surface area contributed by atoms with Gasteiger partial charge in [0.25, 0.3) is 0 Å². The van der Waals surface area contributed by atoms with Gasteiger partial charge < -0.3 is 31.9 Å². The van der Waals surface area contributed by atoms with Crippen LogP contribution in [0.2, 0.25) is 0 Å². The van der Waals surface area contributed by atoms with Crippen LogP contribution in [-0.4, -0.2) is 62.7 Å². The molecule has 6 N–H and O–H groups in total. The molecule has 1 atom stereocenters. The van der Waals surface area contributed by atoms with E-state index in [4.69, 9.17) is 5.73 Å². The molecule has 2 aromatic rings. The van der Waals surface area contributed by atoms with Crippen LogP contribution >= 0.6 is 0 Å². The van der Waals surface area contributed by atoms with E-state index in [9.17, 15) is 4.79 Å².